The molecule has 0 amide bonds. The van der Waals surface area contributed by atoms with Gasteiger partial charge >= 0.3 is 5.97 Å². The number of thioether (sulfide) groups is 1. The third kappa shape index (κ3) is 3.61. The van der Waals surface area contributed by atoms with Crippen molar-refractivity contribution in [2.75, 3.05) is 11.6 Å². The molecule has 0 saturated heterocycles. The maximum atomic E-state index is 11.1. The van der Waals surface area contributed by atoms with Crippen LogP contribution >= 0.6 is 23.4 Å². The topological polar surface area (TPSA) is 75.1 Å². The molecule has 104 valence electrons. The summed E-state index contributed by atoms with van der Waals surface area (Å²) >= 11 is 7.26. The molecule has 1 aromatic heterocycles. The van der Waals surface area contributed by atoms with Gasteiger partial charge in [0.1, 0.15) is 11.4 Å². The first-order valence-electron chi connectivity index (χ1n) is 5.73. The van der Waals surface area contributed by atoms with Crippen LogP contribution in [0.5, 0.6) is 0 Å². The van der Waals surface area contributed by atoms with Crippen LogP contribution in [-0.2, 0) is 6.54 Å². The summed E-state index contributed by atoms with van der Waals surface area (Å²) in [4.78, 5) is 19.3. The molecule has 1 heterocycles. The van der Waals surface area contributed by atoms with Crippen molar-refractivity contribution in [1.29, 1.82) is 0 Å². The number of carboxylic acid groups (broad SMARTS) is 1. The Morgan fingerprint density at radius 3 is 2.95 bits per heavy atom. The number of nitrogens with zero attached hydrogens (tertiary/aromatic N) is 2. The minimum Gasteiger partial charge on any atom is -0.477 e. The van der Waals surface area contributed by atoms with E-state index in [0.717, 1.165) is 5.56 Å². The number of carboxylic acids is 1. The summed E-state index contributed by atoms with van der Waals surface area (Å²) in [5, 5.41) is 13.3. The second-order valence-electron chi connectivity index (χ2n) is 3.91. The van der Waals surface area contributed by atoms with Gasteiger partial charge in [0.2, 0.25) is 0 Å². The van der Waals surface area contributed by atoms with Crippen molar-refractivity contribution in [3.8, 4) is 0 Å². The molecule has 0 spiro atoms. The summed E-state index contributed by atoms with van der Waals surface area (Å²) in [5.41, 5.74) is 0.989. The molecule has 0 saturated carbocycles. The lowest BCUT2D eigenvalue weighted by atomic mass is 10.2. The second kappa shape index (κ2) is 6.58. The Kier molecular flexibility index (Phi) is 4.81. The van der Waals surface area contributed by atoms with E-state index < -0.39 is 5.97 Å². The average molecular weight is 310 g/mol. The molecule has 0 bridgehead atoms. The van der Waals surface area contributed by atoms with Gasteiger partial charge in [-0.2, -0.15) is 0 Å². The lowest BCUT2D eigenvalue weighted by molar-refractivity contribution is 0.0697. The van der Waals surface area contributed by atoms with Crippen LogP contribution in [0.1, 0.15) is 15.9 Å². The largest absolute Gasteiger partial charge is 0.477 e. The van der Waals surface area contributed by atoms with E-state index in [-0.39, 0.29) is 5.56 Å². The molecule has 0 fully saturated rings. The summed E-state index contributed by atoms with van der Waals surface area (Å²) < 4.78 is 0. The van der Waals surface area contributed by atoms with Crippen LogP contribution in [0.3, 0.4) is 0 Å². The third-order valence-corrected chi connectivity index (χ3v) is 3.33. The molecule has 0 aliphatic heterocycles. The summed E-state index contributed by atoms with van der Waals surface area (Å²) in [5.74, 6) is -0.761. The number of rotatable bonds is 5. The summed E-state index contributed by atoms with van der Waals surface area (Å²) in [6, 6.07) is 7.33. The van der Waals surface area contributed by atoms with Gasteiger partial charge in [0, 0.05) is 17.8 Å². The summed E-state index contributed by atoms with van der Waals surface area (Å²) in [7, 11) is 0. The number of benzene rings is 1. The zero-order chi connectivity index (χ0) is 14.5. The minimum absolute atomic E-state index is 0.0461. The first kappa shape index (κ1) is 14.6. The van der Waals surface area contributed by atoms with Crippen LogP contribution < -0.4 is 5.32 Å². The van der Waals surface area contributed by atoms with E-state index in [1.807, 2.05) is 24.5 Å². The zero-order valence-electron chi connectivity index (χ0n) is 10.6. The Bertz CT molecular complexity index is 637. The quantitative estimate of drug-likeness (QED) is 0.653. The van der Waals surface area contributed by atoms with Gasteiger partial charge in [-0.1, -0.05) is 35.5 Å². The third-order valence-electron chi connectivity index (χ3n) is 2.53. The van der Waals surface area contributed by atoms with Crippen LogP contribution in [-0.4, -0.2) is 27.3 Å². The number of hydrogen-bond acceptors (Lipinski definition) is 5. The highest BCUT2D eigenvalue weighted by molar-refractivity contribution is 7.98. The van der Waals surface area contributed by atoms with Crippen molar-refractivity contribution in [1.82, 2.24) is 9.97 Å². The fourth-order valence-electron chi connectivity index (χ4n) is 1.59. The van der Waals surface area contributed by atoms with Crippen LogP contribution in [0.2, 0.25) is 5.02 Å². The predicted molar refractivity (Wildman–Crippen MR) is 79.6 cm³/mol. The number of aromatic carboxylic acids is 1. The Morgan fingerprint density at radius 1 is 1.50 bits per heavy atom. The van der Waals surface area contributed by atoms with Gasteiger partial charge in [-0.05, 0) is 24.0 Å². The van der Waals surface area contributed by atoms with Gasteiger partial charge in [0.15, 0.2) is 5.16 Å². The fraction of sp³-hybridized carbons (Fsp3) is 0.154. The van der Waals surface area contributed by atoms with Crippen LogP contribution in [0.4, 0.5) is 5.82 Å². The van der Waals surface area contributed by atoms with Crippen molar-refractivity contribution < 1.29 is 9.90 Å². The fourth-order valence-corrected chi connectivity index (χ4v) is 2.14. The molecule has 2 N–H and O–H groups in total. The predicted octanol–water partition coefficient (Wildman–Crippen LogP) is 3.16. The van der Waals surface area contributed by atoms with Crippen molar-refractivity contribution in [3.63, 3.8) is 0 Å². The highest BCUT2D eigenvalue weighted by Gasteiger charge is 2.13. The van der Waals surface area contributed by atoms with Gasteiger partial charge in [0.05, 0.1) is 0 Å². The standard InChI is InChI=1S/C13H12ClN3O2S/c1-20-13-16-7-10(12(18)19)11(17-13)15-6-8-3-2-4-9(14)5-8/h2-5,7H,6H2,1H3,(H,18,19)(H,15,16,17). The molecular formula is C13H12ClN3O2S. The number of carbonyl (C=O) groups is 1. The molecule has 0 aliphatic carbocycles. The van der Waals surface area contributed by atoms with Crippen molar-refractivity contribution >= 4 is 35.1 Å². The molecule has 1 aromatic carbocycles. The molecule has 5 nitrogen and oxygen atoms in total. The van der Waals surface area contributed by atoms with Crippen molar-refractivity contribution in [3.05, 3.63) is 46.6 Å². The van der Waals surface area contributed by atoms with Crippen LogP contribution in [0.25, 0.3) is 0 Å². The Balaban J connectivity index is 2.21. The zero-order valence-corrected chi connectivity index (χ0v) is 12.2. The molecule has 0 atom stereocenters. The molecule has 0 unspecified atom stereocenters. The van der Waals surface area contributed by atoms with E-state index in [0.29, 0.717) is 22.5 Å². The number of halogens is 1. The lowest BCUT2D eigenvalue weighted by Gasteiger charge is -2.09. The van der Waals surface area contributed by atoms with Gasteiger partial charge in [-0.15, -0.1) is 0 Å². The van der Waals surface area contributed by atoms with E-state index in [4.69, 9.17) is 16.7 Å². The number of anilines is 1. The van der Waals surface area contributed by atoms with E-state index in [1.165, 1.54) is 18.0 Å². The number of aromatic nitrogens is 2. The highest BCUT2D eigenvalue weighted by atomic mass is 35.5. The van der Waals surface area contributed by atoms with Gasteiger partial charge < -0.3 is 10.4 Å². The lowest BCUT2D eigenvalue weighted by Crippen LogP contribution is -2.10. The van der Waals surface area contributed by atoms with E-state index in [2.05, 4.69) is 15.3 Å². The SMILES string of the molecule is CSc1ncc(C(=O)O)c(NCc2cccc(Cl)c2)n1. The van der Waals surface area contributed by atoms with Crippen LogP contribution in [0, 0.1) is 0 Å². The molecule has 7 heteroatoms. The van der Waals surface area contributed by atoms with E-state index >= 15 is 0 Å². The maximum Gasteiger partial charge on any atom is 0.341 e. The minimum atomic E-state index is -1.06. The first-order chi connectivity index (χ1) is 9.60. The monoisotopic (exact) mass is 309 g/mol. The van der Waals surface area contributed by atoms with Gasteiger partial charge in [0.25, 0.3) is 0 Å². The normalized spacial score (nSPS) is 10.3. The molecule has 2 aromatic rings. The van der Waals surface area contributed by atoms with Gasteiger partial charge in [-0.25, -0.2) is 14.8 Å². The number of nitrogens with one attached hydrogen (secondary N) is 1. The Hall–Kier alpha value is -1.79. The summed E-state index contributed by atoms with van der Waals surface area (Å²) in [6.07, 6.45) is 3.14. The Labute approximate surface area is 125 Å². The first-order valence-corrected chi connectivity index (χ1v) is 7.33. The molecule has 0 radical (unpaired) electrons. The average Bonchev–Trinajstić information content (AvgIpc) is 2.44. The van der Waals surface area contributed by atoms with E-state index in [1.54, 1.807) is 6.07 Å². The second-order valence-corrected chi connectivity index (χ2v) is 5.12. The van der Waals surface area contributed by atoms with Crippen molar-refractivity contribution in [2.45, 2.75) is 11.7 Å². The molecular weight excluding hydrogens is 298 g/mol. The molecule has 20 heavy (non-hydrogen) atoms. The number of hydrogen-bond donors (Lipinski definition) is 2. The molecule has 2 rings (SSSR count). The van der Waals surface area contributed by atoms with Crippen LogP contribution in [0.15, 0.2) is 35.6 Å². The highest BCUT2D eigenvalue weighted by Crippen LogP contribution is 2.18. The Morgan fingerprint density at radius 2 is 2.30 bits per heavy atom. The van der Waals surface area contributed by atoms with Crippen molar-refractivity contribution in [2.24, 2.45) is 0 Å². The molecule has 0 aliphatic rings. The summed E-state index contributed by atoms with van der Waals surface area (Å²) in [6.45, 7) is 0.436. The van der Waals surface area contributed by atoms with E-state index in [9.17, 15) is 4.79 Å². The van der Waals surface area contributed by atoms with Gasteiger partial charge in [-0.3, -0.25) is 0 Å². The smallest absolute Gasteiger partial charge is 0.341 e. The maximum absolute atomic E-state index is 11.1.